The number of carbonyl (C=O) groups is 1. The highest BCUT2D eigenvalue weighted by atomic mass is 19.1. The fraction of sp³-hybridized carbons (Fsp3) is 0.393. The molecule has 0 bridgehead atoms. The lowest BCUT2D eigenvalue weighted by atomic mass is 9.94. The molecule has 188 valence electrons. The predicted octanol–water partition coefficient (Wildman–Crippen LogP) is 5.22. The van der Waals surface area contributed by atoms with Gasteiger partial charge in [0.05, 0.1) is 30.1 Å². The number of carboxylic acids is 1. The number of carboxylic acid groups (broad SMARTS) is 1. The van der Waals surface area contributed by atoms with Gasteiger partial charge in [0.25, 0.3) is 0 Å². The van der Waals surface area contributed by atoms with E-state index in [1.165, 1.54) is 18.5 Å². The monoisotopic (exact) mass is 492 g/mol. The molecule has 2 fully saturated rings. The summed E-state index contributed by atoms with van der Waals surface area (Å²) in [4.78, 5) is 19.6. The molecule has 1 aromatic heterocycles. The molecule has 1 saturated heterocycles. The van der Waals surface area contributed by atoms with Gasteiger partial charge in [0, 0.05) is 18.1 Å². The minimum absolute atomic E-state index is 0.00441. The highest BCUT2D eigenvalue weighted by Crippen LogP contribution is 2.46. The Morgan fingerprint density at radius 1 is 1.14 bits per heavy atom. The average molecular weight is 493 g/mol. The van der Waals surface area contributed by atoms with Gasteiger partial charge in [0.15, 0.2) is 0 Å². The molecular formula is C28H29FN2O5. The normalized spacial score (nSPS) is 20.8. The Morgan fingerprint density at radius 3 is 2.58 bits per heavy atom. The molecular weight excluding hydrogens is 463 g/mol. The number of aryl methyl sites for hydroxylation is 2. The quantitative estimate of drug-likeness (QED) is 0.438. The largest absolute Gasteiger partial charge is 0.491 e. The van der Waals surface area contributed by atoms with Gasteiger partial charge in [-0.1, -0.05) is 6.07 Å². The van der Waals surface area contributed by atoms with Crippen molar-refractivity contribution in [3.63, 3.8) is 0 Å². The van der Waals surface area contributed by atoms with Gasteiger partial charge in [-0.3, -0.25) is 9.78 Å². The van der Waals surface area contributed by atoms with Crippen LogP contribution in [0.4, 0.5) is 4.39 Å². The van der Waals surface area contributed by atoms with Crippen molar-refractivity contribution in [2.45, 2.75) is 51.7 Å². The molecule has 0 spiro atoms. The fourth-order valence-corrected chi connectivity index (χ4v) is 4.81. The molecule has 5 rings (SSSR count). The van der Waals surface area contributed by atoms with Crippen molar-refractivity contribution in [1.82, 2.24) is 9.97 Å². The number of hydrogen-bond acceptors (Lipinski definition) is 6. The van der Waals surface area contributed by atoms with E-state index in [0.717, 1.165) is 47.5 Å². The molecule has 1 aliphatic heterocycles. The van der Waals surface area contributed by atoms with Crippen LogP contribution < -0.4 is 9.47 Å². The number of benzene rings is 2. The fourth-order valence-electron chi connectivity index (χ4n) is 4.81. The van der Waals surface area contributed by atoms with Crippen LogP contribution in [0.1, 0.15) is 47.6 Å². The van der Waals surface area contributed by atoms with Gasteiger partial charge < -0.3 is 19.3 Å². The number of nitrogens with zero attached hydrogens (tertiary/aromatic N) is 2. The van der Waals surface area contributed by atoms with Crippen molar-refractivity contribution in [3.8, 4) is 22.8 Å². The number of halogens is 1. The van der Waals surface area contributed by atoms with E-state index in [4.69, 9.17) is 19.3 Å². The summed E-state index contributed by atoms with van der Waals surface area (Å²) in [5.74, 6) is -0.607. The molecule has 7 nitrogen and oxygen atoms in total. The molecule has 0 amide bonds. The summed E-state index contributed by atoms with van der Waals surface area (Å²) in [6.45, 7) is 5.38. The number of hydrogen-bond donors (Lipinski definition) is 1. The topological polar surface area (TPSA) is 90.8 Å². The van der Waals surface area contributed by atoms with E-state index in [2.05, 4.69) is 9.97 Å². The minimum Gasteiger partial charge on any atom is -0.491 e. The van der Waals surface area contributed by atoms with E-state index in [1.54, 1.807) is 12.1 Å². The lowest BCUT2D eigenvalue weighted by molar-refractivity contribution is -0.138. The number of aromatic nitrogens is 2. The van der Waals surface area contributed by atoms with Crippen LogP contribution in [0.3, 0.4) is 0 Å². The Hall–Kier alpha value is -3.52. The summed E-state index contributed by atoms with van der Waals surface area (Å²) < 4.78 is 31.9. The van der Waals surface area contributed by atoms with E-state index in [0.29, 0.717) is 24.3 Å². The van der Waals surface area contributed by atoms with Gasteiger partial charge in [-0.05, 0) is 79.6 Å². The molecule has 1 aliphatic carbocycles. The molecule has 2 heterocycles. The third-order valence-corrected chi connectivity index (χ3v) is 6.81. The van der Waals surface area contributed by atoms with Gasteiger partial charge in [-0.15, -0.1) is 0 Å². The van der Waals surface area contributed by atoms with Crippen LogP contribution in [0.25, 0.3) is 11.1 Å². The van der Waals surface area contributed by atoms with Crippen molar-refractivity contribution in [1.29, 1.82) is 0 Å². The second kappa shape index (κ2) is 10.2. The summed E-state index contributed by atoms with van der Waals surface area (Å²) in [5, 5.41) is 9.07. The Labute approximate surface area is 209 Å². The van der Waals surface area contributed by atoms with Crippen LogP contribution in [-0.2, 0) is 16.1 Å². The maximum atomic E-state index is 14.6. The highest BCUT2D eigenvalue weighted by Gasteiger charge is 2.45. The van der Waals surface area contributed by atoms with Crippen LogP contribution in [0, 0.1) is 25.6 Å². The summed E-state index contributed by atoms with van der Waals surface area (Å²) in [7, 11) is 0. The maximum Gasteiger partial charge on any atom is 0.307 e. The summed E-state index contributed by atoms with van der Waals surface area (Å²) >= 11 is 0. The first kappa shape index (κ1) is 24.2. The van der Waals surface area contributed by atoms with E-state index >= 15 is 0 Å². The zero-order chi connectivity index (χ0) is 25.2. The first-order chi connectivity index (χ1) is 17.4. The van der Waals surface area contributed by atoms with Crippen LogP contribution >= 0.6 is 0 Å². The lowest BCUT2D eigenvalue weighted by Gasteiger charge is -2.16. The summed E-state index contributed by atoms with van der Waals surface area (Å²) in [6, 6.07) is 9.01. The van der Waals surface area contributed by atoms with Gasteiger partial charge in [0.2, 0.25) is 5.88 Å². The van der Waals surface area contributed by atoms with Gasteiger partial charge >= 0.3 is 5.97 Å². The van der Waals surface area contributed by atoms with Crippen LogP contribution in [0.2, 0.25) is 0 Å². The Kier molecular flexibility index (Phi) is 6.87. The van der Waals surface area contributed by atoms with Gasteiger partial charge in [-0.2, -0.15) is 0 Å². The first-order valence-electron chi connectivity index (χ1n) is 12.2. The number of rotatable bonds is 9. The number of ether oxygens (including phenoxy) is 3. The Bertz CT molecular complexity index is 1230. The molecule has 2 unspecified atom stereocenters. The van der Waals surface area contributed by atoms with Crippen molar-refractivity contribution < 1.29 is 28.5 Å². The van der Waals surface area contributed by atoms with Crippen molar-refractivity contribution >= 4 is 5.97 Å². The van der Waals surface area contributed by atoms with E-state index in [-0.39, 0.29) is 30.3 Å². The van der Waals surface area contributed by atoms with Crippen molar-refractivity contribution in [2.24, 2.45) is 5.92 Å². The van der Waals surface area contributed by atoms with Crippen LogP contribution in [0.5, 0.6) is 11.6 Å². The van der Waals surface area contributed by atoms with E-state index in [1.807, 2.05) is 26.0 Å². The minimum atomic E-state index is -0.816. The zero-order valence-electron chi connectivity index (χ0n) is 20.4. The maximum absolute atomic E-state index is 14.6. The Balaban J connectivity index is 1.26. The molecule has 1 saturated carbocycles. The van der Waals surface area contributed by atoms with Crippen LogP contribution in [-0.4, -0.2) is 40.4 Å². The molecule has 3 aromatic rings. The van der Waals surface area contributed by atoms with E-state index in [9.17, 15) is 9.18 Å². The molecule has 0 radical (unpaired) electrons. The molecule has 2 aromatic carbocycles. The Morgan fingerprint density at radius 2 is 1.94 bits per heavy atom. The number of aliphatic carboxylic acids is 1. The standard InChI is InChI=1S/C28H29FN2O5/c1-16-8-21(35-15-20-4-3-7-34-20)9-17(2)27(16)18-5-6-24(29)19(10-18)14-36-26-13-30-25(12-31-26)22-11-23(22)28(32)33/h5-6,8-10,12-13,20,22-23H,3-4,7,11,14-15H2,1-2H3,(H,32,33)/t20?,22?,23-/m1/s1. The third-order valence-electron chi connectivity index (χ3n) is 6.81. The third kappa shape index (κ3) is 5.33. The zero-order valence-corrected chi connectivity index (χ0v) is 20.4. The molecule has 1 N–H and O–H groups in total. The average Bonchev–Trinajstić information content (AvgIpc) is 3.50. The molecule has 2 aliphatic rings. The molecule has 36 heavy (non-hydrogen) atoms. The predicted molar refractivity (Wildman–Crippen MR) is 131 cm³/mol. The van der Waals surface area contributed by atoms with Gasteiger partial charge in [0.1, 0.15) is 24.8 Å². The summed E-state index contributed by atoms with van der Waals surface area (Å²) in [5.41, 5.74) is 5.04. The van der Waals surface area contributed by atoms with Crippen LogP contribution in [0.15, 0.2) is 42.7 Å². The van der Waals surface area contributed by atoms with Gasteiger partial charge in [-0.25, -0.2) is 9.37 Å². The first-order valence-corrected chi connectivity index (χ1v) is 12.2. The molecule has 3 atom stereocenters. The van der Waals surface area contributed by atoms with Crippen molar-refractivity contribution in [3.05, 3.63) is 70.9 Å². The second-order valence-corrected chi connectivity index (χ2v) is 9.54. The second-order valence-electron chi connectivity index (χ2n) is 9.54. The smallest absolute Gasteiger partial charge is 0.307 e. The lowest BCUT2D eigenvalue weighted by Crippen LogP contribution is -2.16. The SMILES string of the molecule is Cc1cc(OCC2CCCO2)cc(C)c1-c1ccc(F)c(COc2cnc(C3C[C@H]3C(=O)O)cn2)c1. The highest BCUT2D eigenvalue weighted by molar-refractivity contribution is 5.75. The van der Waals surface area contributed by atoms with E-state index < -0.39 is 11.9 Å². The molecule has 8 heteroatoms. The van der Waals surface area contributed by atoms with Crippen molar-refractivity contribution in [2.75, 3.05) is 13.2 Å². The summed E-state index contributed by atoms with van der Waals surface area (Å²) in [6.07, 6.45) is 5.82.